The summed E-state index contributed by atoms with van der Waals surface area (Å²) in [6.45, 7) is 0. The monoisotopic (exact) mass is 308 g/mol. The van der Waals surface area contributed by atoms with E-state index in [1.165, 1.54) is 31.4 Å². The molecule has 10 heteroatoms. The zero-order valence-electron chi connectivity index (χ0n) is 10.3. The maximum atomic E-state index is 12.0. The van der Waals surface area contributed by atoms with E-state index in [1.807, 2.05) is 0 Å². The molecule has 1 aromatic carbocycles. The van der Waals surface area contributed by atoms with E-state index in [-0.39, 0.29) is 46.2 Å². The zero-order chi connectivity index (χ0) is 13.2. The molecule has 1 heterocycles. The van der Waals surface area contributed by atoms with Gasteiger partial charge in [-0.3, -0.25) is 0 Å². The minimum atomic E-state index is -3.84. The first kappa shape index (κ1) is 16.2. The SMILES string of the molecule is COc1nsnc1[N-]S(=O)(=O)c1ccc(N)cc1.[Na+]. The summed E-state index contributed by atoms with van der Waals surface area (Å²) in [7, 11) is -2.47. The van der Waals surface area contributed by atoms with Crippen LogP contribution >= 0.6 is 11.7 Å². The number of sulfonamides is 1. The number of benzene rings is 1. The van der Waals surface area contributed by atoms with Crippen molar-refractivity contribution in [2.24, 2.45) is 0 Å². The number of nitrogens with two attached hydrogens (primary N) is 1. The summed E-state index contributed by atoms with van der Waals surface area (Å²) >= 11 is 0.826. The zero-order valence-corrected chi connectivity index (χ0v) is 13.9. The summed E-state index contributed by atoms with van der Waals surface area (Å²) in [5.41, 5.74) is 5.96. The second kappa shape index (κ2) is 6.53. The molecule has 0 saturated heterocycles. The van der Waals surface area contributed by atoms with Gasteiger partial charge in [-0.25, -0.2) is 8.42 Å². The first-order valence-electron chi connectivity index (χ1n) is 4.73. The number of hydrogen-bond donors (Lipinski definition) is 1. The van der Waals surface area contributed by atoms with E-state index in [4.69, 9.17) is 10.5 Å². The summed E-state index contributed by atoms with van der Waals surface area (Å²) < 4.78 is 39.8. The Balaban J connectivity index is 0.00000180. The molecule has 0 unspecified atom stereocenters. The molecule has 0 aliphatic rings. The fourth-order valence-corrected chi connectivity index (χ4v) is 2.62. The fraction of sp³-hybridized carbons (Fsp3) is 0.111. The summed E-state index contributed by atoms with van der Waals surface area (Å²) in [5.74, 6) is 0.0262. The van der Waals surface area contributed by atoms with Crippen molar-refractivity contribution >= 4 is 33.3 Å². The molecule has 0 amide bonds. The molecule has 2 N–H and O–H groups in total. The molecule has 2 aromatic rings. The molecule has 0 spiro atoms. The van der Waals surface area contributed by atoms with Crippen LogP contribution in [0.1, 0.15) is 0 Å². The molecule has 1 aromatic heterocycles. The van der Waals surface area contributed by atoms with Gasteiger partial charge in [0.25, 0.3) is 0 Å². The van der Waals surface area contributed by atoms with Crippen molar-refractivity contribution in [3.8, 4) is 5.88 Å². The molecule has 0 atom stereocenters. The molecule has 0 saturated carbocycles. The molecule has 0 aliphatic carbocycles. The van der Waals surface area contributed by atoms with E-state index in [1.54, 1.807) is 0 Å². The van der Waals surface area contributed by atoms with Gasteiger partial charge in [-0.2, -0.15) is 4.37 Å². The number of nitrogen functional groups attached to an aromatic ring is 1. The summed E-state index contributed by atoms with van der Waals surface area (Å²) in [4.78, 5) is 0.0340. The van der Waals surface area contributed by atoms with Gasteiger partial charge in [0.15, 0.2) is 0 Å². The third-order valence-corrected chi connectivity index (χ3v) is 3.80. The van der Waals surface area contributed by atoms with Crippen molar-refractivity contribution in [3.63, 3.8) is 0 Å². The molecule has 19 heavy (non-hydrogen) atoms. The first-order valence-corrected chi connectivity index (χ1v) is 6.90. The molecule has 0 aliphatic heterocycles. The summed E-state index contributed by atoms with van der Waals surface area (Å²) in [6, 6.07) is 5.72. The standard InChI is InChI=1S/C9H9N4O3S2.Na/c1-16-9-8(11-17-12-9)13-18(14,15)7-4-2-6(10)3-5-7;/h2-5H,10H2,1H3;/q-1;+1. The van der Waals surface area contributed by atoms with Crippen molar-refractivity contribution in [2.75, 3.05) is 12.8 Å². The van der Waals surface area contributed by atoms with Crippen LogP contribution in [0, 0.1) is 0 Å². The number of nitrogens with zero attached hydrogens (tertiary/aromatic N) is 3. The van der Waals surface area contributed by atoms with Crippen LogP contribution in [0.15, 0.2) is 29.2 Å². The van der Waals surface area contributed by atoms with E-state index in [2.05, 4.69) is 13.5 Å². The average Bonchev–Trinajstić information content (AvgIpc) is 2.76. The largest absolute Gasteiger partial charge is 1.00 e. The predicted octanol–water partition coefficient (Wildman–Crippen LogP) is -1.47. The van der Waals surface area contributed by atoms with Gasteiger partial charge in [-0.1, -0.05) is 0 Å². The van der Waals surface area contributed by atoms with Crippen LogP contribution in [0.25, 0.3) is 4.72 Å². The number of aromatic nitrogens is 2. The van der Waals surface area contributed by atoms with Gasteiger partial charge in [0.05, 0.1) is 12.0 Å². The predicted molar refractivity (Wildman–Crippen MR) is 67.5 cm³/mol. The molecule has 0 bridgehead atoms. The van der Waals surface area contributed by atoms with Crippen LogP contribution in [0.2, 0.25) is 0 Å². The van der Waals surface area contributed by atoms with Crippen LogP contribution in [-0.2, 0) is 10.0 Å². The van der Waals surface area contributed by atoms with Crippen LogP contribution in [-0.4, -0.2) is 24.3 Å². The number of methoxy groups -OCH3 is 1. The van der Waals surface area contributed by atoms with Crippen LogP contribution in [0.5, 0.6) is 5.88 Å². The molecule has 0 radical (unpaired) electrons. The van der Waals surface area contributed by atoms with Gasteiger partial charge >= 0.3 is 29.6 Å². The van der Waals surface area contributed by atoms with E-state index in [0.29, 0.717) is 5.69 Å². The third-order valence-electron chi connectivity index (χ3n) is 2.02. The Kier molecular flexibility index (Phi) is 5.56. The summed E-state index contributed by atoms with van der Waals surface area (Å²) in [5, 5.41) is 0. The Hall–Kier alpha value is -0.870. The van der Waals surface area contributed by atoms with Gasteiger partial charge in [-0.05, 0) is 36.0 Å². The van der Waals surface area contributed by atoms with Crippen molar-refractivity contribution in [2.45, 2.75) is 4.90 Å². The second-order valence-electron chi connectivity index (χ2n) is 3.23. The Labute approximate surface area is 136 Å². The van der Waals surface area contributed by atoms with Crippen molar-refractivity contribution < 1.29 is 42.7 Å². The minimum absolute atomic E-state index is 0. The average molecular weight is 308 g/mol. The van der Waals surface area contributed by atoms with Crippen molar-refractivity contribution in [1.82, 2.24) is 8.75 Å². The molecule has 96 valence electrons. The maximum Gasteiger partial charge on any atom is 1.00 e. The topological polar surface area (TPSA) is 109 Å². The van der Waals surface area contributed by atoms with Gasteiger partial charge in [-0.15, -0.1) is 0 Å². The number of ether oxygens (including phenoxy) is 1. The van der Waals surface area contributed by atoms with E-state index in [0.717, 1.165) is 11.7 Å². The Morgan fingerprint density at radius 2 is 1.89 bits per heavy atom. The fourth-order valence-electron chi connectivity index (χ4n) is 1.17. The molecule has 0 fully saturated rings. The molecular formula is C9H9N4NaO3S2. The molecular weight excluding hydrogens is 299 g/mol. The maximum absolute atomic E-state index is 12.0. The minimum Gasteiger partial charge on any atom is -0.480 e. The summed E-state index contributed by atoms with van der Waals surface area (Å²) in [6.07, 6.45) is 0. The second-order valence-corrected chi connectivity index (χ2v) is 5.37. The normalized spacial score (nSPS) is 10.6. The van der Waals surface area contributed by atoms with E-state index >= 15 is 0 Å². The van der Waals surface area contributed by atoms with Gasteiger partial charge < -0.3 is 19.6 Å². The Morgan fingerprint density at radius 3 is 2.47 bits per heavy atom. The smallest absolute Gasteiger partial charge is 0.480 e. The van der Waals surface area contributed by atoms with Crippen molar-refractivity contribution in [1.29, 1.82) is 0 Å². The number of rotatable bonds is 4. The van der Waals surface area contributed by atoms with Crippen molar-refractivity contribution in [3.05, 3.63) is 29.0 Å². The Morgan fingerprint density at radius 1 is 1.26 bits per heavy atom. The van der Waals surface area contributed by atoms with Gasteiger partial charge in [0.2, 0.25) is 15.9 Å². The van der Waals surface area contributed by atoms with Gasteiger partial charge in [0.1, 0.15) is 0 Å². The molecule has 2 rings (SSSR count). The first-order chi connectivity index (χ1) is 8.53. The third kappa shape index (κ3) is 3.80. The number of hydrogen-bond acceptors (Lipinski definition) is 7. The van der Waals surface area contributed by atoms with E-state index < -0.39 is 10.0 Å². The Bertz CT molecular complexity index is 642. The van der Waals surface area contributed by atoms with E-state index in [9.17, 15) is 8.42 Å². The van der Waals surface area contributed by atoms with Crippen LogP contribution in [0.4, 0.5) is 11.5 Å². The molecule has 7 nitrogen and oxygen atoms in total. The van der Waals surface area contributed by atoms with Crippen LogP contribution < -0.4 is 40.0 Å². The van der Waals surface area contributed by atoms with Crippen LogP contribution in [0.3, 0.4) is 0 Å². The number of anilines is 1. The van der Waals surface area contributed by atoms with Gasteiger partial charge in [0, 0.05) is 11.5 Å². The quantitative estimate of drug-likeness (QED) is 0.545.